The number of aromatic hydroxyl groups is 1. The fourth-order valence-corrected chi connectivity index (χ4v) is 2.77. The van der Waals surface area contributed by atoms with Crippen molar-refractivity contribution in [3.8, 4) is 5.88 Å². The number of carbonyl (C=O) groups excluding carboxylic acids is 1. The summed E-state index contributed by atoms with van der Waals surface area (Å²) in [4.78, 5) is 14.5. The maximum absolute atomic E-state index is 11.8. The number of hydrogen-bond donors (Lipinski definition) is 2. The number of nitrogens with zero attached hydrogens (tertiary/aromatic N) is 2. The second-order valence-electron chi connectivity index (χ2n) is 4.67. The zero-order valence-corrected chi connectivity index (χ0v) is 12.3. The van der Waals surface area contributed by atoms with Gasteiger partial charge in [-0.1, -0.05) is 23.2 Å². The minimum atomic E-state index is -0.548. The molecular weight excluding hydrogens is 317 g/mol. The van der Waals surface area contributed by atoms with Gasteiger partial charge in [0, 0.05) is 17.0 Å². The van der Waals surface area contributed by atoms with Gasteiger partial charge in [-0.15, -0.1) is 10.2 Å². The third-order valence-corrected chi connectivity index (χ3v) is 3.75. The van der Waals surface area contributed by atoms with E-state index in [1.54, 1.807) is 12.1 Å². The van der Waals surface area contributed by atoms with Crippen LogP contribution in [0.25, 0.3) is 10.9 Å². The van der Waals surface area contributed by atoms with Crippen LogP contribution < -0.4 is 0 Å². The van der Waals surface area contributed by atoms with Gasteiger partial charge in [0.05, 0.1) is 10.5 Å². The number of azo groups is 1. The van der Waals surface area contributed by atoms with E-state index in [0.717, 1.165) is 6.42 Å². The molecule has 0 bridgehead atoms. The highest BCUT2D eigenvalue weighted by Crippen LogP contribution is 2.40. The van der Waals surface area contributed by atoms with Gasteiger partial charge >= 0.3 is 0 Å². The van der Waals surface area contributed by atoms with E-state index in [2.05, 4.69) is 15.2 Å². The number of ether oxygens (including phenoxy) is 1. The van der Waals surface area contributed by atoms with Crippen LogP contribution in [0.2, 0.25) is 10.0 Å². The molecule has 3 rings (SSSR count). The van der Waals surface area contributed by atoms with E-state index >= 15 is 0 Å². The first-order valence-electron chi connectivity index (χ1n) is 6.33. The highest BCUT2D eigenvalue weighted by atomic mass is 35.5. The number of halogens is 2. The minimum absolute atomic E-state index is 0.126. The zero-order chi connectivity index (χ0) is 15.0. The predicted molar refractivity (Wildman–Crippen MR) is 78.5 cm³/mol. The van der Waals surface area contributed by atoms with Crippen LogP contribution in [0.15, 0.2) is 22.4 Å². The number of aromatic nitrogens is 1. The molecule has 21 heavy (non-hydrogen) atoms. The Hall–Kier alpha value is -1.63. The van der Waals surface area contributed by atoms with Gasteiger partial charge in [0.15, 0.2) is 5.69 Å². The molecule has 0 spiro atoms. The summed E-state index contributed by atoms with van der Waals surface area (Å²) < 4.78 is 5.22. The van der Waals surface area contributed by atoms with Crippen molar-refractivity contribution in [2.75, 3.05) is 6.61 Å². The smallest absolute Gasteiger partial charge is 0.293 e. The van der Waals surface area contributed by atoms with Crippen molar-refractivity contribution < 1.29 is 14.6 Å². The number of benzene rings is 1. The van der Waals surface area contributed by atoms with Gasteiger partial charge in [-0.2, -0.15) is 0 Å². The fraction of sp³-hybridized carbons (Fsp3) is 0.308. The summed E-state index contributed by atoms with van der Waals surface area (Å²) in [6, 6.07) is 3.13. The summed E-state index contributed by atoms with van der Waals surface area (Å²) >= 11 is 12.0. The number of H-pyrrole nitrogens is 1. The molecule has 0 saturated carbocycles. The summed E-state index contributed by atoms with van der Waals surface area (Å²) in [7, 11) is 0. The van der Waals surface area contributed by atoms with Gasteiger partial charge in [-0.25, -0.2) is 0 Å². The summed E-state index contributed by atoms with van der Waals surface area (Å²) in [5.41, 5.74) is 0.609. The molecule has 1 aromatic carbocycles. The highest BCUT2D eigenvalue weighted by Gasteiger charge is 2.24. The molecule has 0 aliphatic carbocycles. The van der Waals surface area contributed by atoms with Crippen LogP contribution in [-0.2, 0) is 9.53 Å². The lowest BCUT2D eigenvalue weighted by Gasteiger charge is -2.01. The van der Waals surface area contributed by atoms with Crippen LogP contribution in [0.3, 0.4) is 0 Å². The Morgan fingerprint density at radius 1 is 1.43 bits per heavy atom. The lowest BCUT2D eigenvalue weighted by molar-refractivity contribution is -0.126. The normalized spacial score (nSPS) is 18.9. The first-order valence-corrected chi connectivity index (χ1v) is 7.08. The van der Waals surface area contributed by atoms with Crippen molar-refractivity contribution in [3.63, 3.8) is 0 Å². The Morgan fingerprint density at radius 3 is 2.95 bits per heavy atom. The van der Waals surface area contributed by atoms with Gasteiger partial charge in [0.2, 0.25) is 5.88 Å². The van der Waals surface area contributed by atoms with Crippen LogP contribution in [0.5, 0.6) is 5.88 Å². The Morgan fingerprint density at radius 2 is 2.24 bits per heavy atom. The van der Waals surface area contributed by atoms with Gasteiger partial charge < -0.3 is 14.8 Å². The molecule has 1 aliphatic rings. The number of hydrogen-bond acceptors (Lipinski definition) is 4. The zero-order valence-electron chi connectivity index (χ0n) is 10.8. The molecule has 110 valence electrons. The van der Waals surface area contributed by atoms with Crippen LogP contribution in [0, 0.1) is 0 Å². The van der Waals surface area contributed by atoms with E-state index in [-0.39, 0.29) is 11.6 Å². The number of aromatic amines is 1. The van der Waals surface area contributed by atoms with E-state index in [1.165, 1.54) is 0 Å². The molecular formula is C13H11Cl2N3O3. The van der Waals surface area contributed by atoms with Gasteiger partial charge in [0.25, 0.3) is 5.91 Å². The number of amides is 1. The number of carbonyl (C=O) groups is 1. The van der Waals surface area contributed by atoms with Crippen molar-refractivity contribution in [3.05, 3.63) is 22.2 Å². The molecule has 2 N–H and O–H groups in total. The third-order valence-electron chi connectivity index (χ3n) is 3.23. The Balaban J connectivity index is 1.96. The molecule has 1 aliphatic heterocycles. The standard InChI is InChI=1S/C13H11Cl2N3O3/c14-6-4-7-10(8(15)5-6)16-13(20)11(7)17-18-12(19)9-2-1-3-21-9/h4-5,9,16,20H,1-3H2/t9-/m0/s1. The van der Waals surface area contributed by atoms with E-state index in [0.29, 0.717) is 34.0 Å². The predicted octanol–water partition coefficient (Wildman–Crippen LogP) is 3.97. The van der Waals surface area contributed by atoms with Gasteiger partial charge in [-0.05, 0) is 25.0 Å². The lowest BCUT2D eigenvalue weighted by atomic mass is 10.2. The largest absolute Gasteiger partial charge is 0.493 e. The molecule has 1 amide bonds. The monoisotopic (exact) mass is 327 g/mol. The van der Waals surface area contributed by atoms with Crippen molar-refractivity contribution in [2.24, 2.45) is 10.2 Å². The van der Waals surface area contributed by atoms with Crippen LogP contribution in [0.4, 0.5) is 5.69 Å². The second kappa shape index (κ2) is 5.63. The number of fused-ring (bicyclic) bond motifs is 1. The average Bonchev–Trinajstić information content (AvgIpc) is 3.05. The molecule has 8 heteroatoms. The SMILES string of the molecule is O=C(N=Nc1c(O)[nH]c2c(Cl)cc(Cl)cc12)[C@@H]1CCCO1. The van der Waals surface area contributed by atoms with E-state index in [9.17, 15) is 9.90 Å². The molecule has 2 aromatic rings. The minimum Gasteiger partial charge on any atom is -0.493 e. The Labute approximate surface area is 129 Å². The molecule has 2 heterocycles. The Bertz CT molecular complexity index is 736. The highest BCUT2D eigenvalue weighted by molar-refractivity contribution is 6.38. The number of rotatable bonds is 2. The summed E-state index contributed by atoms with van der Waals surface area (Å²) in [6.45, 7) is 0.551. The van der Waals surface area contributed by atoms with Crippen LogP contribution in [0.1, 0.15) is 12.8 Å². The molecule has 0 radical (unpaired) electrons. The first-order chi connectivity index (χ1) is 10.1. The molecule has 0 unspecified atom stereocenters. The topological polar surface area (TPSA) is 87.0 Å². The fourth-order valence-electron chi connectivity index (χ4n) is 2.23. The van der Waals surface area contributed by atoms with E-state index < -0.39 is 12.0 Å². The second-order valence-corrected chi connectivity index (χ2v) is 5.52. The van der Waals surface area contributed by atoms with Crippen molar-refractivity contribution >= 4 is 45.7 Å². The lowest BCUT2D eigenvalue weighted by Crippen LogP contribution is -2.16. The molecule has 6 nitrogen and oxygen atoms in total. The van der Waals surface area contributed by atoms with Crippen molar-refractivity contribution in [1.29, 1.82) is 0 Å². The summed E-state index contributed by atoms with van der Waals surface area (Å²) in [5.74, 6) is -0.688. The van der Waals surface area contributed by atoms with Crippen molar-refractivity contribution in [2.45, 2.75) is 18.9 Å². The van der Waals surface area contributed by atoms with Crippen LogP contribution in [-0.4, -0.2) is 28.7 Å². The number of nitrogens with one attached hydrogen (secondary N) is 1. The molecule has 1 atom stereocenters. The average molecular weight is 328 g/mol. The van der Waals surface area contributed by atoms with Gasteiger partial charge in [-0.3, -0.25) is 4.79 Å². The molecule has 1 saturated heterocycles. The van der Waals surface area contributed by atoms with Crippen molar-refractivity contribution in [1.82, 2.24) is 4.98 Å². The molecule has 1 fully saturated rings. The van der Waals surface area contributed by atoms with E-state index in [4.69, 9.17) is 27.9 Å². The maximum Gasteiger partial charge on any atom is 0.293 e. The maximum atomic E-state index is 11.8. The van der Waals surface area contributed by atoms with Crippen LogP contribution >= 0.6 is 23.2 Å². The summed E-state index contributed by atoms with van der Waals surface area (Å²) in [5, 5.41) is 18.5. The van der Waals surface area contributed by atoms with Gasteiger partial charge in [0.1, 0.15) is 6.10 Å². The van der Waals surface area contributed by atoms with E-state index in [1.807, 2.05) is 0 Å². The third kappa shape index (κ3) is 2.74. The quantitative estimate of drug-likeness (QED) is 0.818. The Kier molecular flexibility index (Phi) is 3.84. The first kappa shape index (κ1) is 14.3. The summed E-state index contributed by atoms with van der Waals surface area (Å²) in [6.07, 6.45) is 0.915. The molecule has 1 aromatic heterocycles.